The first kappa shape index (κ1) is 24.4. The molecule has 0 saturated heterocycles. The van der Waals surface area contributed by atoms with Gasteiger partial charge in [-0.15, -0.1) is 0 Å². The molecule has 0 radical (unpaired) electrons. The van der Waals surface area contributed by atoms with Crippen LogP contribution in [-0.2, 0) is 23.1 Å². The van der Waals surface area contributed by atoms with Crippen molar-refractivity contribution in [1.82, 2.24) is 9.97 Å². The lowest BCUT2D eigenvalue weighted by atomic mass is 9.86. The highest BCUT2D eigenvalue weighted by atomic mass is 16.4. The van der Waals surface area contributed by atoms with E-state index in [1.54, 1.807) is 0 Å². The number of fused-ring (bicyclic) bond motifs is 1. The number of hydrogen-bond acceptors (Lipinski definition) is 3. The minimum Gasteiger partial charge on any atom is -0.481 e. The Kier molecular flexibility index (Phi) is 6.62. The molecule has 0 aliphatic heterocycles. The number of carbonyl (C=O) groups excluding carboxylic acids is 1. The number of aryl methyl sites for hydroxylation is 3. The smallest absolute Gasteiger partial charge is 0.303 e. The quantitative estimate of drug-likeness (QED) is 0.300. The van der Waals surface area contributed by atoms with Crippen LogP contribution >= 0.6 is 0 Å². The number of nitrogens with one attached hydrogen (secondary N) is 1. The molecule has 4 rings (SSSR count). The van der Waals surface area contributed by atoms with Crippen molar-refractivity contribution < 1.29 is 14.7 Å². The number of aromatic amines is 1. The zero-order chi connectivity index (χ0) is 25.3. The van der Waals surface area contributed by atoms with Gasteiger partial charge in [0.25, 0.3) is 0 Å². The van der Waals surface area contributed by atoms with Gasteiger partial charge in [-0.05, 0) is 71.7 Å². The number of carboxylic acid groups (broad SMARTS) is 1. The van der Waals surface area contributed by atoms with Crippen LogP contribution in [0.25, 0.3) is 22.4 Å². The Balaban J connectivity index is 1.57. The molecule has 4 aromatic rings. The largest absolute Gasteiger partial charge is 0.481 e. The third-order valence-corrected chi connectivity index (χ3v) is 6.45. The van der Waals surface area contributed by atoms with Gasteiger partial charge >= 0.3 is 5.97 Å². The molecule has 1 aromatic heterocycles. The number of carboxylic acids is 1. The van der Waals surface area contributed by atoms with Gasteiger partial charge in [0.05, 0.1) is 11.0 Å². The Hall–Kier alpha value is -3.73. The molecule has 5 nitrogen and oxygen atoms in total. The molecule has 3 aromatic carbocycles. The average Bonchev–Trinajstić information content (AvgIpc) is 3.19. The van der Waals surface area contributed by atoms with Crippen molar-refractivity contribution in [1.29, 1.82) is 0 Å². The molecular formula is C30H32N2O3. The van der Waals surface area contributed by atoms with Crippen LogP contribution in [0, 0.1) is 13.8 Å². The number of nitrogens with zero attached hydrogens (tertiary/aromatic N) is 1. The second kappa shape index (κ2) is 9.49. The Labute approximate surface area is 206 Å². The lowest BCUT2D eigenvalue weighted by Gasteiger charge is -2.19. The Morgan fingerprint density at radius 2 is 1.57 bits per heavy atom. The second-order valence-corrected chi connectivity index (χ2v) is 10.4. The maximum Gasteiger partial charge on any atom is 0.303 e. The molecule has 0 saturated carbocycles. The molecule has 2 N–H and O–H groups in total. The molecule has 0 bridgehead atoms. The third-order valence-electron chi connectivity index (χ3n) is 6.45. The summed E-state index contributed by atoms with van der Waals surface area (Å²) in [6, 6.07) is 17.9. The van der Waals surface area contributed by atoms with Crippen LogP contribution in [-0.4, -0.2) is 26.8 Å². The normalized spacial score (nSPS) is 11.7. The summed E-state index contributed by atoms with van der Waals surface area (Å²) in [7, 11) is 0. The minimum absolute atomic E-state index is 0.0710. The molecule has 0 aliphatic carbocycles. The summed E-state index contributed by atoms with van der Waals surface area (Å²) < 4.78 is 0. The van der Waals surface area contributed by atoms with Gasteiger partial charge in [-0.25, -0.2) is 4.98 Å². The number of aromatic nitrogens is 2. The van der Waals surface area contributed by atoms with Crippen molar-refractivity contribution in [3.05, 3.63) is 88.0 Å². The number of rotatable bonds is 7. The number of hydrogen-bond donors (Lipinski definition) is 2. The molecule has 0 atom stereocenters. The van der Waals surface area contributed by atoms with E-state index in [0.717, 1.165) is 44.7 Å². The molecule has 35 heavy (non-hydrogen) atoms. The van der Waals surface area contributed by atoms with Crippen LogP contribution in [0.2, 0.25) is 0 Å². The molecule has 180 valence electrons. The van der Waals surface area contributed by atoms with E-state index in [0.29, 0.717) is 18.4 Å². The van der Waals surface area contributed by atoms with E-state index >= 15 is 0 Å². The number of aliphatic carboxylic acids is 1. The number of Topliss-reactive ketones (excluding diaryl/α,β-unsaturated/α-hetero) is 1. The predicted molar refractivity (Wildman–Crippen MR) is 140 cm³/mol. The van der Waals surface area contributed by atoms with Crippen LogP contribution in [0.3, 0.4) is 0 Å². The number of imidazole rings is 1. The van der Waals surface area contributed by atoms with Crippen LogP contribution in [0.1, 0.15) is 65.4 Å². The summed E-state index contributed by atoms with van der Waals surface area (Å²) in [5.74, 6) is 0.0257. The lowest BCUT2D eigenvalue weighted by Crippen LogP contribution is -2.11. The highest BCUT2D eigenvalue weighted by Crippen LogP contribution is 2.29. The number of H-pyrrole nitrogens is 1. The zero-order valence-electron chi connectivity index (χ0n) is 21.0. The van der Waals surface area contributed by atoms with Gasteiger partial charge in [-0.1, -0.05) is 57.2 Å². The molecule has 0 aliphatic rings. The van der Waals surface area contributed by atoms with Crippen LogP contribution in [0.5, 0.6) is 0 Å². The SMILES string of the molecule is Cc1cc(CCC(=O)O)cc(C)c1-c1nc2ccc(C(=O)Cc3ccc(C(C)(C)C)cc3)cc2[nH]1. The zero-order valence-corrected chi connectivity index (χ0v) is 21.0. The predicted octanol–water partition coefficient (Wildman–Crippen LogP) is 6.59. The Bertz CT molecular complexity index is 1380. The van der Waals surface area contributed by atoms with E-state index in [9.17, 15) is 9.59 Å². The third kappa shape index (κ3) is 5.51. The van der Waals surface area contributed by atoms with Gasteiger partial charge in [-0.3, -0.25) is 9.59 Å². The lowest BCUT2D eigenvalue weighted by molar-refractivity contribution is -0.136. The highest BCUT2D eigenvalue weighted by molar-refractivity contribution is 6.00. The van der Waals surface area contributed by atoms with Gasteiger partial charge in [0.15, 0.2) is 5.78 Å². The summed E-state index contributed by atoms with van der Waals surface area (Å²) in [6.07, 6.45) is 0.967. The number of benzene rings is 3. The molecular weight excluding hydrogens is 436 g/mol. The van der Waals surface area contributed by atoms with Gasteiger partial charge < -0.3 is 10.1 Å². The van der Waals surface area contributed by atoms with Crippen LogP contribution in [0.15, 0.2) is 54.6 Å². The fourth-order valence-electron chi connectivity index (χ4n) is 4.53. The summed E-state index contributed by atoms with van der Waals surface area (Å²) in [6.45, 7) is 10.6. The van der Waals surface area contributed by atoms with E-state index in [4.69, 9.17) is 10.1 Å². The summed E-state index contributed by atoms with van der Waals surface area (Å²) in [5.41, 5.74) is 8.72. The van der Waals surface area contributed by atoms with Crippen LogP contribution in [0.4, 0.5) is 0 Å². The van der Waals surface area contributed by atoms with Gasteiger partial charge in [0.2, 0.25) is 0 Å². The van der Waals surface area contributed by atoms with Crippen LogP contribution < -0.4 is 0 Å². The molecule has 5 heteroatoms. The topological polar surface area (TPSA) is 83.0 Å². The van der Waals surface area contributed by atoms with Crippen molar-refractivity contribution in [3.63, 3.8) is 0 Å². The summed E-state index contributed by atoms with van der Waals surface area (Å²) in [5, 5.41) is 8.97. The maximum absolute atomic E-state index is 13.0. The summed E-state index contributed by atoms with van der Waals surface area (Å²) in [4.78, 5) is 32.1. The minimum atomic E-state index is -0.797. The first-order valence-corrected chi connectivity index (χ1v) is 12.0. The van der Waals surface area contributed by atoms with E-state index in [1.165, 1.54) is 5.56 Å². The monoisotopic (exact) mass is 468 g/mol. The van der Waals surface area contributed by atoms with Crippen molar-refractivity contribution in [2.45, 2.75) is 59.3 Å². The van der Waals surface area contributed by atoms with Gasteiger partial charge in [0, 0.05) is 24.0 Å². The molecule has 0 amide bonds. The first-order valence-electron chi connectivity index (χ1n) is 12.0. The average molecular weight is 469 g/mol. The molecule has 1 heterocycles. The Morgan fingerprint density at radius 3 is 2.17 bits per heavy atom. The van der Waals surface area contributed by atoms with E-state index in [1.807, 2.05) is 56.3 Å². The van der Waals surface area contributed by atoms with Crippen molar-refractivity contribution in [2.24, 2.45) is 0 Å². The molecule has 0 unspecified atom stereocenters. The fraction of sp³-hybridized carbons (Fsp3) is 0.300. The van der Waals surface area contributed by atoms with Gasteiger partial charge in [0.1, 0.15) is 5.82 Å². The standard InChI is InChI=1S/C30H32N2O3/c1-18-14-21(8-13-27(34)35)15-19(2)28(18)29-31-24-12-9-22(17-25(24)32-29)26(33)16-20-6-10-23(11-7-20)30(3,4)5/h6-7,9-12,14-15,17H,8,13,16H2,1-5H3,(H,31,32)(H,34,35). The second-order valence-electron chi connectivity index (χ2n) is 10.4. The number of ketones is 1. The summed E-state index contributed by atoms with van der Waals surface area (Å²) >= 11 is 0. The van der Waals surface area contributed by atoms with E-state index in [-0.39, 0.29) is 17.6 Å². The fourth-order valence-corrected chi connectivity index (χ4v) is 4.53. The first-order chi connectivity index (χ1) is 16.5. The van der Waals surface area contributed by atoms with Crippen molar-refractivity contribution in [2.75, 3.05) is 0 Å². The van der Waals surface area contributed by atoms with Crippen molar-refractivity contribution in [3.8, 4) is 11.4 Å². The Morgan fingerprint density at radius 1 is 0.914 bits per heavy atom. The molecule has 0 fully saturated rings. The number of carbonyl (C=O) groups is 2. The van der Waals surface area contributed by atoms with Crippen molar-refractivity contribution >= 4 is 22.8 Å². The van der Waals surface area contributed by atoms with E-state index < -0.39 is 5.97 Å². The van der Waals surface area contributed by atoms with Gasteiger partial charge in [-0.2, -0.15) is 0 Å². The molecule has 0 spiro atoms. The van der Waals surface area contributed by atoms with E-state index in [2.05, 4.69) is 37.9 Å². The highest BCUT2D eigenvalue weighted by Gasteiger charge is 2.16. The maximum atomic E-state index is 13.0.